The minimum absolute atomic E-state index is 0.137. The molecule has 0 N–H and O–H groups in total. The molecule has 4 rings (SSSR count). The van der Waals surface area contributed by atoms with Crippen molar-refractivity contribution in [3.05, 3.63) is 93.9 Å². The van der Waals surface area contributed by atoms with E-state index >= 15 is 0 Å². The zero-order valence-corrected chi connectivity index (χ0v) is 15.4. The quantitative estimate of drug-likeness (QED) is 0.637. The summed E-state index contributed by atoms with van der Waals surface area (Å²) in [5, 5.41) is 0.494. The summed E-state index contributed by atoms with van der Waals surface area (Å²) < 4.78 is 5.86. The Morgan fingerprint density at radius 2 is 1.81 bits per heavy atom. The summed E-state index contributed by atoms with van der Waals surface area (Å²) in [5.74, 6) is 0.277. The second-order valence-electron chi connectivity index (χ2n) is 7.14. The van der Waals surface area contributed by atoms with Crippen LogP contribution in [-0.2, 0) is 0 Å². The molecular formula is C23H21NO3. The van der Waals surface area contributed by atoms with E-state index in [1.165, 1.54) is 5.56 Å². The van der Waals surface area contributed by atoms with E-state index in [9.17, 15) is 9.59 Å². The molecule has 0 radical (unpaired) electrons. The molecule has 2 heterocycles. The van der Waals surface area contributed by atoms with Crippen LogP contribution in [0.4, 0.5) is 0 Å². The smallest absolute Gasteiger partial charge is 0.291 e. The summed E-state index contributed by atoms with van der Waals surface area (Å²) >= 11 is 0. The van der Waals surface area contributed by atoms with Crippen molar-refractivity contribution in [2.45, 2.75) is 25.8 Å². The van der Waals surface area contributed by atoms with Gasteiger partial charge in [-0.3, -0.25) is 9.59 Å². The number of rotatable bonds is 4. The molecule has 27 heavy (non-hydrogen) atoms. The van der Waals surface area contributed by atoms with Gasteiger partial charge >= 0.3 is 0 Å². The third-order valence-corrected chi connectivity index (χ3v) is 5.12. The molecule has 1 aliphatic heterocycles. The number of carbonyl (C=O) groups excluding carboxylic acids is 1. The van der Waals surface area contributed by atoms with E-state index < -0.39 is 6.04 Å². The number of fused-ring (bicyclic) bond motifs is 2. The maximum atomic E-state index is 13.2. The van der Waals surface area contributed by atoms with Crippen molar-refractivity contribution in [1.29, 1.82) is 0 Å². The van der Waals surface area contributed by atoms with Crippen LogP contribution in [0, 0.1) is 0 Å². The predicted octanol–water partition coefficient (Wildman–Crippen LogP) is 4.65. The van der Waals surface area contributed by atoms with E-state index in [-0.39, 0.29) is 17.1 Å². The highest BCUT2D eigenvalue weighted by Gasteiger charge is 2.42. The zero-order valence-electron chi connectivity index (χ0n) is 15.4. The number of amides is 1. The maximum Gasteiger partial charge on any atom is 0.291 e. The average Bonchev–Trinajstić information content (AvgIpc) is 2.95. The fraction of sp³-hybridized carbons (Fsp3) is 0.217. The Morgan fingerprint density at radius 3 is 2.48 bits per heavy atom. The number of benzene rings is 2. The van der Waals surface area contributed by atoms with Crippen LogP contribution in [0.3, 0.4) is 0 Å². The first-order chi connectivity index (χ1) is 13.0. The van der Waals surface area contributed by atoms with E-state index in [2.05, 4.69) is 32.6 Å². The van der Waals surface area contributed by atoms with Crippen LogP contribution in [0.2, 0.25) is 0 Å². The van der Waals surface area contributed by atoms with E-state index in [0.717, 1.165) is 5.56 Å². The molecule has 1 aliphatic rings. The van der Waals surface area contributed by atoms with Gasteiger partial charge in [0.05, 0.1) is 17.0 Å². The fourth-order valence-corrected chi connectivity index (χ4v) is 3.70. The summed E-state index contributed by atoms with van der Waals surface area (Å²) in [6.07, 6.45) is 1.67. The Hall–Kier alpha value is -3.14. The van der Waals surface area contributed by atoms with Gasteiger partial charge in [-0.2, -0.15) is 0 Å². The van der Waals surface area contributed by atoms with Crippen molar-refractivity contribution in [1.82, 2.24) is 4.90 Å². The third-order valence-electron chi connectivity index (χ3n) is 5.12. The Balaban J connectivity index is 1.95. The summed E-state index contributed by atoms with van der Waals surface area (Å²) in [7, 11) is 0. The molecule has 3 aromatic rings. The molecule has 0 spiro atoms. The lowest BCUT2D eigenvalue weighted by Gasteiger charge is -2.24. The summed E-state index contributed by atoms with van der Waals surface area (Å²) in [6, 6.07) is 14.7. The molecule has 1 amide bonds. The van der Waals surface area contributed by atoms with Gasteiger partial charge in [0.25, 0.3) is 5.91 Å². The van der Waals surface area contributed by atoms with Crippen LogP contribution in [0.5, 0.6) is 0 Å². The van der Waals surface area contributed by atoms with Gasteiger partial charge in [-0.15, -0.1) is 6.58 Å². The molecule has 0 saturated carbocycles. The summed E-state index contributed by atoms with van der Waals surface area (Å²) in [5.41, 5.74) is 2.81. The third kappa shape index (κ3) is 2.69. The van der Waals surface area contributed by atoms with Crippen LogP contribution in [0.15, 0.2) is 70.4 Å². The lowest BCUT2D eigenvalue weighted by molar-refractivity contribution is 0.0748. The largest absolute Gasteiger partial charge is 0.450 e. The van der Waals surface area contributed by atoms with Gasteiger partial charge in [0, 0.05) is 6.54 Å². The van der Waals surface area contributed by atoms with Gasteiger partial charge in [0.1, 0.15) is 5.58 Å². The Bertz CT molecular complexity index is 1090. The fourth-order valence-electron chi connectivity index (χ4n) is 3.70. The van der Waals surface area contributed by atoms with Gasteiger partial charge in [-0.1, -0.05) is 56.3 Å². The standard InChI is InChI=1S/C23H21NO3/c1-4-13-24-20(16-11-9-15(10-12-16)14(2)3)19-21(25)17-7-5-6-8-18(17)27-22(19)23(24)26/h4-12,14,20H,1,13H2,2-3H3. The Labute approximate surface area is 157 Å². The highest BCUT2D eigenvalue weighted by Crippen LogP contribution is 2.38. The Morgan fingerprint density at radius 1 is 1.11 bits per heavy atom. The first kappa shape index (κ1) is 17.3. The summed E-state index contributed by atoms with van der Waals surface area (Å²) in [4.78, 5) is 27.8. The maximum absolute atomic E-state index is 13.2. The molecule has 136 valence electrons. The van der Waals surface area contributed by atoms with Crippen molar-refractivity contribution in [3.63, 3.8) is 0 Å². The van der Waals surface area contributed by atoms with Crippen molar-refractivity contribution in [2.24, 2.45) is 0 Å². The normalized spacial score (nSPS) is 16.2. The second kappa shape index (κ2) is 6.54. The zero-order chi connectivity index (χ0) is 19.1. The van der Waals surface area contributed by atoms with Gasteiger partial charge in [-0.05, 0) is 29.2 Å². The molecule has 1 atom stereocenters. The Kier molecular flexibility index (Phi) is 4.19. The minimum Gasteiger partial charge on any atom is -0.450 e. The molecule has 0 aliphatic carbocycles. The highest BCUT2D eigenvalue weighted by molar-refractivity contribution is 5.99. The van der Waals surface area contributed by atoms with E-state index in [1.807, 2.05) is 12.1 Å². The number of hydrogen-bond donors (Lipinski definition) is 0. The number of para-hydroxylation sites is 1. The van der Waals surface area contributed by atoms with Gasteiger partial charge in [-0.25, -0.2) is 0 Å². The van der Waals surface area contributed by atoms with Crippen LogP contribution in [0.25, 0.3) is 11.0 Å². The molecule has 4 heteroatoms. The van der Waals surface area contributed by atoms with Crippen LogP contribution >= 0.6 is 0 Å². The first-order valence-electron chi connectivity index (χ1n) is 9.10. The lowest BCUT2D eigenvalue weighted by atomic mass is 9.95. The van der Waals surface area contributed by atoms with Crippen molar-refractivity contribution in [3.8, 4) is 0 Å². The molecule has 2 aromatic carbocycles. The first-order valence-corrected chi connectivity index (χ1v) is 9.10. The van der Waals surface area contributed by atoms with Crippen molar-refractivity contribution in [2.75, 3.05) is 6.54 Å². The topological polar surface area (TPSA) is 50.5 Å². The number of carbonyl (C=O) groups is 1. The molecule has 1 unspecified atom stereocenters. The SMILES string of the molecule is C=CCN1C(=O)c2oc3ccccc3c(=O)c2C1c1ccc(C(C)C)cc1. The molecule has 0 fully saturated rings. The molecular weight excluding hydrogens is 338 g/mol. The molecule has 0 bridgehead atoms. The van der Waals surface area contributed by atoms with E-state index in [4.69, 9.17) is 4.42 Å². The van der Waals surface area contributed by atoms with Crippen LogP contribution in [0.1, 0.15) is 53.1 Å². The van der Waals surface area contributed by atoms with Gasteiger partial charge in [0.15, 0.2) is 5.43 Å². The van der Waals surface area contributed by atoms with Gasteiger partial charge < -0.3 is 9.32 Å². The highest BCUT2D eigenvalue weighted by atomic mass is 16.3. The molecule has 4 nitrogen and oxygen atoms in total. The van der Waals surface area contributed by atoms with E-state index in [0.29, 0.717) is 29.0 Å². The lowest BCUT2D eigenvalue weighted by Crippen LogP contribution is -2.29. The molecule has 1 aromatic heterocycles. The van der Waals surface area contributed by atoms with Crippen LogP contribution in [-0.4, -0.2) is 17.4 Å². The minimum atomic E-state index is -0.465. The predicted molar refractivity (Wildman–Crippen MR) is 106 cm³/mol. The van der Waals surface area contributed by atoms with Crippen molar-refractivity contribution < 1.29 is 9.21 Å². The second-order valence-corrected chi connectivity index (χ2v) is 7.14. The summed E-state index contributed by atoms with van der Waals surface area (Å²) in [6.45, 7) is 8.37. The van der Waals surface area contributed by atoms with Crippen molar-refractivity contribution >= 4 is 16.9 Å². The van der Waals surface area contributed by atoms with Crippen LogP contribution < -0.4 is 5.43 Å². The number of hydrogen-bond acceptors (Lipinski definition) is 3. The monoisotopic (exact) mass is 359 g/mol. The molecule has 0 saturated heterocycles. The van der Waals surface area contributed by atoms with E-state index in [1.54, 1.807) is 35.2 Å². The average molecular weight is 359 g/mol. The van der Waals surface area contributed by atoms with Gasteiger partial charge in [0.2, 0.25) is 5.76 Å². The number of nitrogens with zero attached hydrogens (tertiary/aromatic N) is 1.